The molecule has 0 aliphatic rings. The second-order valence-electron chi connectivity index (χ2n) is 3.81. The van der Waals surface area contributed by atoms with E-state index in [1.54, 1.807) is 6.92 Å². The van der Waals surface area contributed by atoms with Crippen molar-refractivity contribution in [2.45, 2.75) is 19.5 Å². The zero-order chi connectivity index (χ0) is 14.9. The molecule has 0 rings (SSSR count). The molecule has 0 unspecified atom stereocenters. The van der Waals surface area contributed by atoms with E-state index in [2.05, 4.69) is 5.32 Å². The van der Waals surface area contributed by atoms with Crippen LogP contribution in [-0.4, -0.2) is 60.9 Å². The Bertz CT molecular complexity index is 297. The summed E-state index contributed by atoms with van der Waals surface area (Å²) in [6.07, 6.45) is -4.33. The number of rotatable bonds is 7. The lowest BCUT2D eigenvalue weighted by Gasteiger charge is -2.22. The van der Waals surface area contributed by atoms with Crippen molar-refractivity contribution in [3.05, 3.63) is 0 Å². The van der Waals surface area contributed by atoms with Crippen LogP contribution in [0.3, 0.4) is 0 Å². The van der Waals surface area contributed by atoms with Crippen molar-refractivity contribution >= 4 is 11.9 Å². The van der Waals surface area contributed by atoms with Gasteiger partial charge >= 0.3 is 12.2 Å². The molecule has 0 radical (unpaired) electrons. The first kappa shape index (κ1) is 17.6. The van der Waals surface area contributed by atoms with Gasteiger partial charge in [-0.1, -0.05) is 0 Å². The second-order valence-corrected chi connectivity index (χ2v) is 3.81. The molecule has 0 aliphatic carbocycles. The number of imide groups is 1. The smallest absolute Gasteiger partial charge is 0.396 e. The second kappa shape index (κ2) is 8.70. The van der Waals surface area contributed by atoms with Crippen LogP contribution in [0, 0.1) is 0 Å². The zero-order valence-corrected chi connectivity index (χ0v) is 10.6. The Morgan fingerprint density at radius 1 is 1.32 bits per heavy atom. The molecular formula is C10H18F3N3O3. The minimum absolute atomic E-state index is 0.0845. The number of aliphatic hydroxyl groups excluding tert-OH is 1. The minimum Gasteiger partial charge on any atom is -0.396 e. The maximum atomic E-state index is 12.3. The topological polar surface area (TPSA) is 81.7 Å². The van der Waals surface area contributed by atoms with Gasteiger partial charge in [-0.2, -0.15) is 13.2 Å². The number of alkyl halides is 3. The van der Waals surface area contributed by atoms with Crippen LogP contribution < -0.4 is 10.6 Å². The first-order valence-electron chi connectivity index (χ1n) is 5.76. The van der Waals surface area contributed by atoms with E-state index in [-0.39, 0.29) is 19.6 Å². The first-order valence-corrected chi connectivity index (χ1v) is 5.76. The maximum Gasteiger partial charge on any atom is 0.401 e. The van der Waals surface area contributed by atoms with Gasteiger partial charge in [0.2, 0.25) is 5.91 Å². The Kier molecular flexibility index (Phi) is 8.08. The van der Waals surface area contributed by atoms with Crippen molar-refractivity contribution in [3.63, 3.8) is 0 Å². The molecule has 0 spiro atoms. The monoisotopic (exact) mass is 285 g/mol. The van der Waals surface area contributed by atoms with Gasteiger partial charge in [-0.15, -0.1) is 0 Å². The summed E-state index contributed by atoms with van der Waals surface area (Å²) >= 11 is 0. The SMILES string of the molecule is CCNC(=O)NC(=O)CN(CCCO)CC(F)(F)F. The average molecular weight is 285 g/mol. The number of aliphatic hydroxyl groups is 1. The van der Waals surface area contributed by atoms with Crippen molar-refractivity contribution in [2.24, 2.45) is 0 Å². The molecule has 0 fully saturated rings. The Labute approximate surface area is 108 Å². The number of nitrogens with zero attached hydrogens (tertiary/aromatic N) is 1. The molecule has 19 heavy (non-hydrogen) atoms. The highest BCUT2D eigenvalue weighted by atomic mass is 19.4. The van der Waals surface area contributed by atoms with Gasteiger partial charge in [-0.3, -0.25) is 15.0 Å². The van der Waals surface area contributed by atoms with Crippen LogP contribution in [-0.2, 0) is 4.79 Å². The van der Waals surface area contributed by atoms with Crippen molar-refractivity contribution in [1.29, 1.82) is 0 Å². The zero-order valence-electron chi connectivity index (χ0n) is 10.6. The van der Waals surface area contributed by atoms with Crippen LogP contribution >= 0.6 is 0 Å². The highest BCUT2D eigenvalue weighted by Crippen LogP contribution is 2.16. The van der Waals surface area contributed by atoms with Gasteiger partial charge < -0.3 is 10.4 Å². The molecule has 0 atom stereocenters. The number of carbonyl (C=O) groups is 2. The number of carbonyl (C=O) groups excluding carboxylic acids is 2. The molecular weight excluding hydrogens is 267 g/mol. The van der Waals surface area contributed by atoms with Crippen LogP contribution in [0.2, 0.25) is 0 Å². The normalized spacial score (nSPS) is 11.5. The Morgan fingerprint density at radius 2 is 1.95 bits per heavy atom. The molecule has 6 nitrogen and oxygen atoms in total. The fourth-order valence-electron chi connectivity index (χ4n) is 1.34. The fourth-order valence-corrected chi connectivity index (χ4v) is 1.34. The first-order chi connectivity index (χ1) is 8.78. The highest BCUT2D eigenvalue weighted by molar-refractivity contribution is 5.95. The standard InChI is InChI=1S/C10H18F3N3O3/c1-2-14-9(19)15-8(18)6-16(4-3-5-17)7-10(11,12)13/h17H,2-7H2,1H3,(H2,14,15,18,19). The third kappa shape index (κ3) is 10.3. The number of amides is 3. The van der Waals surface area contributed by atoms with Crippen molar-refractivity contribution in [3.8, 4) is 0 Å². The van der Waals surface area contributed by atoms with Gasteiger partial charge in [0.05, 0.1) is 13.1 Å². The van der Waals surface area contributed by atoms with Gasteiger partial charge in [0.1, 0.15) is 0 Å². The number of halogens is 3. The van der Waals surface area contributed by atoms with Crippen molar-refractivity contribution in [1.82, 2.24) is 15.5 Å². The summed E-state index contributed by atoms with van der Waals surface area (Å²) in [6, 6.07) is -0.749. The summed E-state index contributed by atoms with van der Waals surface area (Å²) in [5.41, 5.74) is 0. The molecule has 112 valence electrons. The van der Waals surface area contributed by atoms with Crippen LogP contribution in [0.4, 0.5) is 18.0 Å². The number of hydrogen-bond acceptors (Lipinski definition) is 4. The molecule has 0 aromatic heterocycles. The maximum absolute atomic E-state index is 12.3. The third-order valence-electron chi connectivity index (χ3n) is 1.99. The lowest BCUT2D eigenvalue weighted by Crippen LogP contribution is -2.46. The van der Waals surface area contributed by atoms with Gasteiger partial charge in [-0.25, -0.2) is 4.79 Å². The minimum atomic E-state index is -4.44. The van der Waals surface area contributed by atoms with E-state index in [0.717, 1.165) is 4.90 Å². The molecule has 0 saturated carbocycles. The largest absolute Gasteiger partial charge is 0.401 e. The van der Waals surface area contributed by atoms with E-state index in [4.69, 9.17) is 5.11 Å². The average Bonchev–Trinajstić information content (AvgIpc) is 2.23. The van der Waals surface area contributed by atoms with E-state index in [0.29, 0.717) is 6.54 Å². The van der Waals surface area contributed by atoms with Crippen LogP contribution in [0.15, 0.2) is 0 Å². The Morgan fingerprint density at radius 3 is 2.42 bits per heavy atom. The Balaban J connectivity index is 4.29. The van der Waals surface area contributed by atoms with Crippen LogP contribution in [0.5, 0.6) is 0 Å². The number of nitrogens with one attached hydrogen (secondary N) is 2. The lowest BCUT2D eigenvalue weighted by molar-refractivity contribution is -0.148. The predicted molar refractivity (Wildman–Crippen MR) is 61.4 cm³/mol. The molecule has 0 aromatic rings. The van der Waals surface area contributed by atoms with Crippen LogP contribution in [0.25, 0.3) is 0 Å². The van der Waals surface area contributed by atoms with Crippen LogP contribution in [0.1, 0.15) is 13.3 Å². The highest BCUT2D eigenvalue weighted by Gasteiger charge is 2.31. The number of urea groups is 1. The fraction of sp³-hybridized carbons (Fsp3) is 0.800. The van der Waals surface area contributed by atoms with Gasteiger partial charge in [-0.05, 0) is 13.3 Å². The molecule has 0 heterocycles. The molecule has 3 amide bonds. The summed E-state index contributed by atoms with van der Waals surface area (Å²) in [4.78, 5) is 23.2. The third-order valence-corrected chi connectivity index (χ3v) is 1.99. The number of hydrogen-bond donors (Lipinski definition) is 3. The molecule has 0 saturated heterocycles. The van der Waals surface area contributed by atoms with E-state index in [1.807, 2.05) is 5.32 Å². The molecule has 0 aliphatic heterocycles. The molecule has 3 N–H and O–H groups in total. The summed E-state index contributed by atoms with van der Waals surface area (Å²) < 4.78 is 36.8. The summed E-state index contributed by atoms with van der Waals surface area (Å²) in [5, 5.41) is 12.8. The molecule has 0 bridgehead atoms. The van der Waals surface area contributed by atoms with E-state index >= 15 is 0 Å². The Hall–Kier alpha value is -1.35. The predicted octanol–water partition coefficient (Wildman–Crippen LogP) is 0.0788. The van der Waals surface area contributed by atoms with Crippen molar-refractivity contribution < 1.29 is 27.9 Å². The van der Waals surface area contributed by atoms with Gasteiger partial charge in [0.25, 0.3) is 0 Å². The summed E-state index contributed by atoms with van der Waals surface area (Å²) in [6.45, 7) is -0.241. The quantitative estimate of drug-likeness (QED) is 0.618. The van der Waals surface area contributed by atoms with Gasteiger partial charge in [0.15, 0.2) is 0 Å². The van der Waals surface area contributed by atoms with E-state index in [1.165, 1.54) is 0 Å². The molecule has 9 heteroatoms. The summed E-state index contributed by atoms with van der Waals surface area (Å²) in [5.74, 6) is -0.826. The lowest BCUT2D eigenvalue weighted by atomic mass is 10.3. The van der Waals surface area contributed by atoms with Gasteiger partial charge in [0, 0.05) is 19.7 Å². The molecule has 0 aromatic carbocycles. The summed E-state index contributed by atoms with van der Waals surface area (Å²) in [7, 11) is 0. The van der Waals surface area contributed by atoms with E-state index < -0.39 is 31.2 Å². The van der Waals surface area contributed by atoms with E-state index in [9.17, 15) is 22.8 Å². The van der Waals surface area contributed by atoms with Crippen molar-refractivity contribution in [2.75, 3.05) is 32.8 Å².